The normalized spacial score (nSPS) is 25.7. The highest BCUT2D eigenvalue weighted by Gasteiger charge is 2.66. The quantitative estimate of drug-likeness (QED) is 0.443. The van der Waals surface area contributed by atoms with Gasteiger partial charge in [0.1, 0.15) is 11.2 Å². The molecule has 0 unspecified atom stereocenters. The van der Waals surface area contributed by atoms with Gasteiger partial charge in [-0.05, 0) is 55.0 Å². The predicted molar refractivity (Wildman–Crippen MR) is 140 cm³/mol. The van der Waals surface area contributed by atoms with E-state index in [1.165, 1.54) is 6.07 Å². The first kappa shape index (κ1) is 26.9. The first-order valence-electron chi connectivity index (χ1n) is 12.0. The molecule has 0 aliphatic carbocycles. The number of nitrogens with one attached hydrogen (secondary N) is 3. The number of halogens is 3. The minimum atomic E-state index is -1.31. The summed E-state index contributed by atoms with van der Waals surface area (Å²) in [6, 6.07) is 8.29. The molecule has 0 radical (unpaired) electrons. The Morgan fingerprint density at radius 3 is 2.50 bits per heavy atom. The molecule has 2 aromatic rings. The van der Waals surface area contributed by atoms with Crippen molar-refractivity contribution in [1.82, 2.24) is 10.6 Å². The lowest BCUT2D eigenvalue weighted by atomic mass is 9.62. The summed E-state index contributed by atoms with van der Waals surface area (Å²) in [4.78, 5) is 27.6. The van der Waals surface area contributed by atoms with Gasteiger partial charge in [0, 0.05) is 29.2 Å². The van der Waals surface area contributed by atoms with Crippen molar-refractivity contribution in [3.63, 3.8) is 0 Å². The Bertz CT molecular complexity index is 1210. The van der Waals surface area contributed by atoms with Crippen molar-refractivity contribution in [3.8, 4) is 0 Å². The van der Waals surface area contributed by atoms with E-state index in [4.69, 9.17) is 23.2 Å². The first-order chi connectivity index (χ1) is 16.6. The van der Waals surface area contributed by atoms with Crippen LogP contribution in [0.2, 0.25) is 10.0 Å². The second kappa shape index (κ2) is 9.28. The molecule has 2 aromatic carbocycles. The van der Waals surface area contributed by atoms with Crippen molar-refractivity contribution in [3.05, 3.63) is 63.4 Å². The molecule has 0 bridgehead atoms. The third-order valence-corrected chi connectivity index (χ3v) is 7.44. The molecule has 0 aromatic heterocycles. The van der Waals surface area contributed by atoms with E-state index in [2.05, 4.69) is 36.7 Å². The van der Waals surface area contributed by atoms with Crippen LogP contribution in [0.5, 0.6) is 0 Å². The van der Waals surface area contributed by atoms with Gasteiger partial charge in [0.2, 0.25) is 11.8 Å². The monoisotopic (exact) mass is 535 g/mol. The first-order valence-corrected chi connectivity index (χ1v) is 12.7. The van der Waals surface area contributed by atoms with Crippen molar-refractivity contribution in [2.45, 2.75) is 70.1 Å². The van der Waals surface area contributed by atoms with E-state index in [0.717, 1.165) is 0 Å². The van der Waals surface area contributed by atoms with Gasteiger partial charge in [-0.1, -0.05) is 62.2 Å². The highest BCUT2D eigenvalue weighted by atomic mass is 35.5. The maximum atomic E-state index is 15.6. The van der Waals surface area contributed by atoms with Crippen molar-refractivity contribution >= 4 is 40.7 Å². The number of carbonyl (C=O) groups excluding carboxylic acids is 2. The van der Waals surface area contributed by atoms with E-state index in [-0.39, 0.29) is 28.5 Å². The zero-order valence-corrected chi connectivity index (χ0v) is 22.5. The number of carbonyl (C=O) groups is 2. The molecule has 6 nitrogen and oxygen atoms in total. The number of rotatable bonds is 5. The molecule has 4 N–H and O–H groups in total. The van der Waals surface area contributed by atoms with Crippen molar-refractivity contribution < 1.29 is 19.1 Å². The summed E-state index contributed by atoms with van der Waals surface area (Å²) in [6.07, 6.45) is 0.524. The van der Waals surface area contributed by atoms with Crippen LogP contribution in [0, 0.1) is 11.2 Å². The van der Waals surface area contributed by atoms with Gasteiger partial charge in [0.15, 0.2) is 0 Å². The standard InChI is InChI=1S/C27H32Cl2FN3O3/c1-25(2,3)12-19-27(16-10-9-14(28)11-18(16)32-24(27)35)20(15-7-6-8-17(29)21(15)30)22(33-19)23(34)31-13-26(4,5)36/h6-11,19-20,22,33,36H,12-13H2,1-5H3,(H,31,34)(H,32,35)/t19-,20+,22-,27+/m1/s1. The minimum Gasteiger partial charge on any atom is -0.389 e. The van der Waals surface area contributed by atoms with Gasteiger partial charge in [0.25, 0.3) is 0 Å². The summed E-state index contributed by atoms with van der Waals surface area (Å²) >= 11 is 12.4. The lowest BCUT2D eigenvalue weighted by Gasteiger charge is -2.37. The Kier molecular flexibility index (Phi) is 6.92. The highest BCUT2D eigenvalue weighted by molar-refractivity contribution is 6.31. The van der Waals surface area contributed by atoms with Crippen LogP contribution in [0.15, 0.2) is 36.4 Å². The number of amides is 2. The second-order valence-corrected chi connectivity index (χ2v) is 12.5. The number of benzene rings is 2. The van der Waals surface area contributed by atoms with Crippen LogP contribution in [0.4, 0.5) is 10.1 Å². The molecule has 1 spiro atoms. The third kappa shape index (κ3) is 4.74. The van der Waals surface area contributed by atoms with Crippen molar-refractivity contribution in [2.24, 2.45) is 5.41 Å². The van der Waals surface area contributed by atoms with Crippen LogP contribution >= 0.6 is 23.2 Å². The fourth-order valence-electron chi connectivity index (χ4n) is 5.57. The summed E-state index contributed by atoms with van der Waals surface area (Å²) in [5.74, 6) is -2.36. The molecule has 4 rings (SSSR count). The Morgan fingerprint density at radius 2 is 1.86 bits per heavy atom. The maximum absolute atomic E-state index is 15.6. The van der Waals surface area contributed by atoms with Crippen LogP contribution < -0.4 is 16.0 Å². The van der Waals surface area contributed by atoms with Crippen LogP contribution in [-0.2, 0) is 15.0 Å². The minimum absolute atomic E-state index is 0.00983. The molecule has 36 heavy (non-hydrogen) atoms. The molecule has 1 fully saturated rings. The Labute approximate surface area is 220 Å². The predicted octanol–water partition coefficient (Wildman–Crippen LogP) is 4.77. The Hall–Kier alpha value is -2.19. The van der Waals surface area contributed by atoms with Gasteiger partial charge in [-0.25, -0.2) is 4.39 Å². The second-order valence-electron chi connectivity index (χ2n) is 11.6. The number of hydrogen-bond acceptors (Lipinski definition) is 4. The molecule has 1 saturated heterocycles. The summed E-state index contributed by atoms with van der Waals surface area (Å²) in [5.41, 5.74) is -1.32. The van der Waals surface area contributed by atoms with Crippen LogP contribution in [0.25, 0.3) is 0 Å². The largest absolute Gasteiger partial charge is 0.389 e. The van der Waals surface area contributed by atoms with E-state index < -0.39 is 40.7 Å². The zero-order chi connectivity index (χ0) is 26.6. The van der Waals surface area contributed by atoms with E-state index >= 15 is 4.39 Å². The summed E-state index contributed by atoms with van der Waals surface area (Å²) < 4.78 is 15.6. The van der Waals surface area contributed by atoms with E-state index in [0.29, 0.717) is 22.7 Å². The molecule has 0 saturated carbocycles. The van der Waals surface area contributed by atoms with Crippen molar-refractivity contribution in [1.29, 1.82) is 0 Å². The number of hydrogen-bond donors (Lipinski definition) is 4. The lowest BCUT2D eigenvalue weighted by Crippen LogP contribution is -2.49. The van der Waals surface area contributed by atoms with Gasteiger partial charge < -0.3 is 21.1 Å². The molecular weight excluding hydrogens is 504 g/mol. The average Bonchev–Trinajstić information content (AvgIpc) is 3.22. The maximum Gasteiger partial charge on any atom is 0.237 e. The molecule has 2 amide bonds. The van der Waals surface area contributed by atoms with Crippen LogP contribution in [0.1, 0.15) is 58.1 Å². The molecular formula is C27H32Cl2FN3O3. The Morgan fingerprint density at radius 1 is 1.17 bits per heavy atom. The smallest absolute Gasteiger partial charge is 0.237 e. The van der Waals surface area contributed by atoms with Crippen LogP contribution in [-0.4, -0.2) is 41.2 Å². The topological polar surface area (TPSA) is 90.5 Å². The SMILES string of the molecule is CC(C)(C)C[C@H]1N[C@@H](C(=O)NCC(C)(C)O)[C@H](c2cccc(Cl)c2F)[C@@]12C(=O)Nc1cc(Cl)ccc12. The number of aliphatic hydroxyl groups is 1. The summed E-state index contributed by atoms with van der Waals surface area (Å²) in [5, 5.41) is 19.7. The molecule has 2 aliphatic rings. The molecule has 2 heterocycles. The lowest BCUT2D eigenvalue weighted by molar-refractivity contribution is -0.124. The van der Waals surface area contributed by atoms with Crippen molar-refractivity contribution in [2.75, 3.05) is 11.9 Å². The average molecular weight is 536 g/mol. The van der Waals surface area contributed by atoms with Gasteiger partial charge >= 0.3 is 0 Å². The highest BCUT2D eigenvalue weighted by Crippen LogP contribution is 2.57. The molecule has 2 aliphatic heterocycles. The van der Waals surface area contributed by atoms with Crippen LogP contribution in [0.3, 0.4) is 0 Å². The third-order valence-electron chi connectivity index (χ3n) is 6.92. The van der Waals surface area contributed by atoms with E-state index in [1.807, 2.05) is 0 Å². The Balaban J connectivity index is 1.96. The van der Waals surface area contributed by atoms with Gasteiger partial charge in [-0.3, -0.25) is 9.59 Å². The fraction of sp³-hybridized carbons (Fsp3) is 0.481. The number of anilines is 1. The summed E-state index contributed by atoms with van der Waals surface area (Å²) in [7, 11) is 0. The van der Waals surface area contributed by atoms with Gasteiger partial charge in [-0.2, -0.15) is 0 Å². The number of fused-ring (bicyclic) bond motifs is 2. The van der Waals surface area contributed by atoms with Gasteiger partial charge in [0.05, 0.1) is 16.7 Å². The van der Waals surface area contributed by atoms with E-state index in [9.17, 15) is 14.7 Å². The van der Waals surface area contributed by atoms with E-state index in [1.54, 1.807) is 44.2 Å². The molecule has 9 heteroatoms. The van der Waals surface area contributed by atoms with Gasteiger partial charge in [-0.15, -0.1) is 0 Å². The zero-order valence-electron chi connectivity index (χ0n) is 21.0. The molecule has 4 atom stereocenters. The summed E-state index contributed by atoms with van der Waals surface area (Å²) in [6.45, 7) is 9.30. The fourth-order valence-corrected chi connectivity index (χ4v) is 5.92. The molecule has 194 valence electrons.